The molecular weight excluding hydrogens is 260 g/mol. The minimum atomic E-state index is -0.0556. The molecule has 2 fully saturated rings. The van der Waals surface area contributed by atoms with Crippen molar-refractivity contribution in [2.75, 3.05) is 73.1 Å². The van der Waals surface area contributed by atoms with E-state index in [1.165, 1.54) is 0 Å². The molecule has 0 aliphatic carbocycles. The van der Waals surface area contributed by atoms with Crippen molar-refractivity contribution in [1.29, 1.82) is 0 Å². The molecule has 2 aliphatic rings. The zero-order chi connectivity index (χ0) is 14.5. The first-order chi connectivity index (χ1) is 9.58. The third-order valence-corrected chi connectivity index (χ3v) is 3.91. The van der Waals surface area contributed by atoms with Gasteiger partial charge in [-0.05, 0) is 0 Å². The van der Waals surface area contributed by atoms with Gasteiger partial charge in [-0.15, -0.1) is 0 Å². The molecule has 0 radical (unpaired) electrons. The molecule has 7 nitrogen and oxygen atoms in total. The van der Waals surface area contributed by atoms with E-state index in [1.54, 1.807) is 28.8 Å². The third kappa shape index (κ3) is 3.83. The highest BCUT2D eigenvalue weighted by atomic mass is 16.5. The average Bonchev–Trinajstić information content (AvgIpc) is 2.78. The molecule has 2 aliphatic heterocycles. The first kappa shape index (κ1) is 15.1. The lowest BCUT2D eigenvalue weighted by molar-refractivity contribution is -0.130. The molecule has 2 rings (SSSR count). The predicted octanol–water partition coefficient (Wildman–Crippen LogP) is -0.856. The van der Waals surface area contributed by atoms with Crippen LogP contribution in [0.2, 0.25) is 0 Å². The van der Waals surface area contributed by atoms with Gasteiger partial charge in [0.1, 0.15) is 6.54 Å². The number of carbonyl (C=O) groups is 2. The SMILES string of the molecule is CN(CCN1CCOCC1)C(=O)CN1CCN(C)C1=O. The molecule has 3 amide bonds. The summed E-state index contributed by atoms with van der Waals surface area (Å²) in [4.78, 5) is 31.1. The van der Waals surface area contributed by atoms with Gasteiger partial charge in [-0.3, -0.25) is 9.69 Å². The molecule has 0 aromatic rings. The topological polar surface area (TPSA) is 56.3 Å². The quantitative estimate of drug-likeness (QED) is 0.659. The van der Waals surface area contributed by atoms with Gasteiger partial charge < -0.3 is 19.4 Å². The summed E-state index contributed by atoms with van der Waals surface area (Å²) >= 11 is 0. The Bertz CT molecular complexity index is 358. The second-order valence-electron chi connectivity index (χ2n) is 5.39. The molecule has 7 heteroatoms. The Morgan fingerprint density at radius 3 is 2.55 bits per heavy atom. The van der Waals surface area contributed by atoms with Crippen molar-refractivity contribution in [3.05, 3.63) is 0 Å². The lowest BCUT2D eigenvalue weighted by Gasteiger charge is -2.29. The normalized spacial score (nSPS) is 20.6. The predicted molar refractivity (Wildman–Crippen MR) is 74.5 cm³/mol. The maximum Gasteiger partial charge on any atom is 0.320 e. The lowest BCUT2D eigenvalue weighted by atomic mass is 10.4. The van der Waals surface area contributed by atoms with E-state index >= 15 is 0 Å². The zero-order valence-corrected chi connectivity index (χ0v) is 12.4. The molecule has 20 heavy (non-hydrogen) atoms. The van der Waals surface area contributed by atoms with Gasteiger partial charge in [0.2, 0.25) is 5.91 Å². The molecule has 0 saturated carbocycles. The van der Waals surface area contributed by atoms with Crippen molar-refractivity contribution >= 4 is 11.9 Å². The summed E-state index contributed by atoms with van der Waals surface area (Å²) in [5.74, 6) is 0.00177. The fraction of sp³-hybridized carbons (Fsp3) is 0.846. The number of hydrogen-bond donors (Lipinski definition) is 0. The largest absolute Gasteiger partial charge is 0.379 e. The first-order valence-corrected chi connectivity index (χ1v) is 7.12. The Morgan fingerprint density at radius 2 is 1.95 bits per heavy atom. The Balaban J connectivity index is 1.70. The summed E-state index contributed by atoms with van der Waals surface area (Å²) in [6, 6.07) is -0.0556. The molecule has 0 bridgehead atoms. The van der Waals surface area contributed by atoms with Gasteiger partial charge in [-0.2, -0.15) is 0 Å². The fourth-order valence-corrected chi connectivity index (χ4v) is 2.37. The van der Waals surface area contributed by atoms with Crippen LogP contribution in [-0.2, 0) is 9.53 Å². The number of nitrogens with zero attached hydrogens (tertiary/aromatic N) is 4. The van der Waals surface area contributed by atoms with Crippen LogP contribution in [0.1, 0.15) is 0 Å². The molecule has 0 atom stereocenters. The van der Waals surface area contributed by atoms with Crippen molar-refractivity contribution in [3.8, 4) is 0 Å². The van der Waals surface area contributed by atoms with E-state index in [2.05, 4.69) is 4.90 Å². The smallest absolute Gasteiger partial charge is 0.320 e. The van der Waals surface area contributed by atoms with Gasteiger partial charge in [0.25, 0.3) is 0 Å². The van der Waals surface area contributed by atoms with Crippen molar-refractivity contribution in [2.24, 2.45) is 0 Å². The summed E-state index contributed by atoms with van der Waals surface area (Å²) in [7, 11) is 3.56. The van der Waals surface area contributed by atoms with Crippen molar-refractivity contribution in [3.63, 3.8) is 0 Å². The molecule has 2 saturated heterocycles. The number of morpholine rings is 1. The summed E-state index contributed by atoms with van der Waals surface area (Å²) < 4.78 is 5.29. The first-order valence-electron chi connectivity index (χ1n) is 7.12. The van der Waals surface area contributed by atoms with Crippen LogP contribution in [0.15, 0.2) is 0 Å². The average molecular weight is 284 g/mol. The van der Waals surface area contributed by atoms with E-state index < -0.39 is 0 Å². The Morgan fingerprint density at radius 1 is 1.25 bits per heavy atom. The number of hydrogen-bond acceptors (Lipinski definition) is 4. The molecule has 0 aromatic heterocycles. The number of ether oxygens (including phenoxy) is 1. The fourth-order valence-electron chi connectivity index (χ4n) is 2.37. The summed E-state index contributed by atoms with van der Waals surface area (Å²) in [5.41, 5.74) is 0. The molecule has 0 spiro atoms. The second-order valence-corrected chi connectivity index (χ2v) is 5.39. The van der Waals surface area contributed by atoms with Crippen molar-refractivity contribution in [1.82, 2.24) is 19.6 Å². The molecule has 0 unspecified atom stereocenters. The van der Waals surface area contributed by atoms with Crippen LogP contribution < -0.4 is 0 Å². The van der Waals surface area contributed by atoms with E-state index in [1.807, 2.05) is 0 Å². The summed E-state index contributed by atoms with van der Waals surface area (Å²) in [5, 5.41) is 0. The van der Waals surface area contributed by atoms with Crippen LogP contribution in [0.25, 0.3) is 0 Å². The van der Waals surface area contributed by atoms with E-state index in [-0.39, 0.29) is 18.5 Å². The van der Waals surface area contributed by atoms with Gasteiger partial charge in [0.15, 0.2) is 0 Å². The van der Waals surface area contributed by atoms with Crippen LogP contribution in [-0.4, -0.2) is 105 Å². The van der Waals surface area contributed by atoms with Crippen LogP contribution in [0.5, 0.6) is 0 Å². The molecule has 2 heterocycles. The molecule has 114 valence electrons. The monoisotopic (exact) mass is 284 g/mol. The molecule has 0 N–H and O–H groups in total. The van der Waals surface area contributed by atoms with Crippen LogP contribution in [0, 0.1) is 0 Å². The molecular formula is C13H24N4O3. The summed E-state index contributed by atoms with van der Waals surface area (Å²) in [6.45, 7) is 6.47. The third-order valence-electron chi connectivity index (χ3n) is 3.91. The van der Waals surface area contributed by atoms with Crippen molar-refractivity contribution < 1.29 is 14.3 Å². The van der Waals surface area contributed by atoms with Crippen LogP contribution in [0.4, 0.5) is 4.79 Å². The number of urea groups is 1. The van der Waals surface area contributed by atoms with E-state index in [4.69, 9.17) is 4.74 Å². The summed E-state index contributed by atoms with van der Waals surface area (Å²) in [6.07, 6.45) is 0. The maximum absolute atomic E-state index is 12.1. The highest BCUT2D eigenvalue weighted by Gasteiger charge is 2.27. The lowest BCUT2D eigenvalue weighted by Crippen LogP contribution is -2.44. The van der Waals surface area contributed by atoms with Gasteiger partial charge >= 0.3 is 6.03 Å². The van der Waals surface area contributed by atoms with E-state index in [0.29, 0.717) is 19.6 Å². The minimum Gasteiger partial charge on any atom is -0.379 e. The Hall–Kier alpha value is -1.34. The highest BCUT2D eigenvalue weighted by Crippen LogP contribution is 2.06. The minimum absolute atomic E-state index is 0.00177. The Kier molecular flexibility index (Phi) is 5.19. The maximum atomic E-state index is 12.1. The standard InChI is InChI=1S/C13H24N4O3/c1-14(3-5-16-7-9-20-10-8-16)12(18)11-17-6-4-15(2)13(17)19/h3-11H2,1-2H3. The van der Waals surface area contributed by atoms with Crippen molar-refractivity contribution in [2.45, 2.75) is 0 Å². The molecule has 0 aromatic carbocycles. The van der Waals surface area contributed by atoms with Gasteiger partial charge in [0.05, 0.1) is 13.2 Å². The van der Waals surface area contributed by atoms with E-state index in [0.717, 1.165) is 32.8 Å². The number of amides is 3. The second kappa shape index (κ2) is 6.90. The van der Waals surface area contributed by atoms with E-state index in [9.17, 15) is 9.59 Å². The number of rotatable bonds is 5. The zero-order valence-electron chi connectivity index (χ0n) is 12.4. The number of likely N-dealkylation sites (N-methyl/N-ethyl adjacent to an activating group) is 2. The van der Waals surface area contributed by atoms with Crippen LogP contribution in [0.3, 0.4) is 0 Å². The number of carbonyl (C=O) groups excluding carboxylic acids is 2. The van der Waals surface area contributed by atoms with Gasteiger partial charge in [-0.1, -0.05) is 0 Å². The highest BCUT2D eigenvalue weighted by molar-refractivity contribution is 5.84. The Labute approximate surface area is 120 Å². The van der Waals surface area contributed by atoms with Gasteiger partial charge in [-0.25, -0.2) is 4.79 Å². The van der Waals surface area contributed by atoms with Crippen LogP contribution >= 0.6 is 0 Å². The van der Waals surface area contributed by atoms with Gasteiger partial charge in [0, 0.05) is 53.4 Å².